The van der Waals surface area contributed by atoms with Crippen molar-refractivity contribution in [2.45, 2.75) is 6.92 Å². The molecular weight excluding hydrogens is 136 g/mol. The number of aliphatic hydroxyl groups is 3. The molecule has 3 N–H and O–H groups in total. The Morgan fingerprint density at radius 1 is 1.20 bits per heavy atom. The zero-order chi connectivity index (χ0) is 7.72. The van der Waals surface area contributed by atoms with Gasteiger partial charge in [0.2, 0.25) is 5.76 Å². The predicted octanol–water partition coefficient (Wildman–Crippen LogP) is 1.13. The van der Waals surface area contributed by atoms with E-state index in [4.69, 9.17) is 20.1 Å². The predicted molar refractivity (Wildman–Crippen MR) is 33.6 cm³/mol. The van der Waals surface area contributed by atoms with Crippen molar-refractivity contribution in [1.82, 2.24) is 0 Å². The Balaban J connectivity index is 3.01. The Bertz CT molecular complexity index is 190. The molecule has 4 nitrogen and oxygen atoms in total. The molecule has 0 bridgehead atoms. The third-order valence-electron chi connectivity index (χ3n) is 1.26. The van der Waals surface area contributed by atoms with Gasteiger partial charge in [-0.3, -0.25) is 0 Å². The van der Waals surface area contributed by atoms with Crippen LogP contribution in [0.4, 0.5) is 0 Å². The standard InChI is InChI=1S/C6H8O4/c1-3-5(8)6(9)4(7)2-10-3/h7-9H,2H2,1H3. The lowest BCUT2D eigenvalue weighted by atomic mass is 10.3. The van der Waals surface area contributed by atoms with E-state index in [1.165, 1.54) is 6.92 Å². The largest absolute Gasteiger partial charge is 0.505 e. The third kappa shape index (κ3) is 0.877. The average Bonchev–Trinajstić information content (AvgIpc) is 1.93. The smallest absolute Gasteiger partial charge is 0.203 e. The molecule has 1 aliphatic heterocycles. The van der Waals surface area contributed by atoms with Crippen molar-refractivity contribution in [3.63, 3.8) is 0 Å². The van der Waals surface area contributed by atoms with Crippen molar-refractivity contribution in [2.24, 2.45) is 0 Å². The van der Waals surface area contributed by atoms with E-state index in [-0.39, 0.29) is 18.1 Å². The lowest BCUT2D eigenvalue weighted by Crippen LogP contribution is -2.10. The first kappa shape index (κ1) is 6.80. The van der Waals surface area contributed by atoms with Crippen LogP contribution in [0.15, 0.2) is 23.0 Å². The van der Waals surface area contributed by atoms with Crippen molar-refractivity contribution in [3.05, 3.63) is 23.0 Å². The Morgan fingerprint density at radius 2 is 1.80 bits per heavy atom. The summed E-state index contributed by atoms with van der Waals surface area (Å²) < 4.78 is 4.73. The highest BCUT2D eigenvalue weighted by Gasteiger charge is 2.18. The molecule has 0 aliphatic carbocycles. The first-order valence-electron chi connectivity index (χ1n) is 2.77. The first-order valence-corrected chi connectivity index (χ1v) is 2.77. The van der Waals surface area contributed by atoms with E-state index in [1.807, 2.05) is 0 Å². The van der Waals surface area contributed by atoms with E-state index < -0.39 is 11.5 Å². The minimum absolute atomic E-state index is 0.0816. The van der Waals surface area contributed by atoms with Gasteiger partial charge in [-0.05, 0) is 6.92 Å². The highest BCUT2D eigenvalue weighted by molar-refractivity contribution is 5.25. The van der Waals surface area contributed by atoms with Gasteiger partial charge in [-0.25, -0.2) is 0 Å². The third-order valence-corrected chi connectivity index (χ3v) is 1.26. The van der Waals surface area contributed by atoms with Crippen LogP contribution < -0.4 is 0 Å². The van der Waals surface area contributed by atoms with Crippen LogP contribution in [0.2, 0.25) is 0 Å². The van der Waals surface area contributed by atoms with E-state index >= 15 is 0 Å². The van der Waals surface area contributed by atoms with Gasteiger partial charge in [-0.1, -0.05) is 0 Å². The molecule has 0 unspecified atom stereocenters. The van der Waals surface area contributed by atoms with Gasteiger partial charge in [0.15, 0.2) is 11.5 Å². The molecule has 0 aromatic rings. The second-order valence-electron chi connectivity index (χ2n) is 1.99. The van der Waals surface area contributed by atoms with E-state index in [1.54, 1.807) is 0 Å². The fraction of sp³-hybridized carbons (Fsp3) is 0.333. The maximum atomic E-state index is 8.90. The van der Waals surface area contributed by atoms with Crippen LogP contribution >= 0.6 is 0 Å². The van der Waals surface area contributed by atoms with E-state index in [0.717, 1.165) is 0 Å². The van der Waals surface area contributed by atoms with Crippen LogP contribution in [0.1, 0.15) is 6.92 Å². The molecule has 0 atom stereocenters. The van der Waals surface area contributed by atoms with Gasteiger partial charge in [-0.2, -0.15) is 0 Å². The van der Waals surface area contributed by atoms with Gasteiger partial charge in [0, 0.05) is 0 Å². The second kappa shape index (κ2) is 2.13. The highest BCUT2D eigenvalue weighted by Crippen LogP contribution is 2.18. The fourth-order valence-corrected chi connectivity index (χ4v) is 0.617. The van der Waals surface area contributed by atoms with Gasteiger partial charge < -0.3 is 20.1 Å². The van der Waals surface area contributed by atoms with Gasteiger partial charge >= 0.3 is 0 Å². The van der Waals surface area contributed by atoms with Crippen LogP contribution in [0.3, 0.4) is 0 Å². The monoisotopic (exact) mass is 144 g/mol. The Kier molecular flexibility index (Phi) is 1.45. The Morgan fingerprint density at radius 3 is 2.30 bits per heavy atom. The van der Waals surface area contributed by atoms with Crippen molar-refractivity contribution in [1.29, 1.82) is 0 Å². The summed E-state index contributed by atoms with van der Waals surface area (Å²) in [5.74, 6) is -1.02. The molecule has 1 rings (SSSR count). The first-order chi connectivity index (χ1) is 4.63. The quantitative estimate of drug-likeness (QED) is 0.476. The van der Waals surface area contributed by atoms with Gasteiger partial charge in [-0.15, -0.1) is 0 Å². The number of hydrogen-bond acceptors (Lipinski definition) is 4. The molecule has 0 amide bonds. The molecule has 1 aliphatic rings. The zero-order valence-corrected chi connectivity index (χ0v) is 5.46. The average molecular weight is 144 g/mol. The van der Waals surface area contributed by atoms with Gasteiger partial charge in [0.05, 0.1) is 0 Å². The number of aliphatic hydroxyl groups excluding tert-OH is 3. The number of ether oxygens (including phenoxy) is 1. The summed E-state index contributed by atoms with van der Waals surface area (Å²) in [6.45, 7) is 1.42. The summed E-state index contributed by atoms with van der Waals surface area (Å²) >= 11 is 0. The van der Waals surface area contributed by atoms with Crippen molar-refractivity contribution < 1.29 is 20.1 Å². The molecule has 0 saturated carbocycles. The highest BCUT2D eigenvalue weighted by atomic mass is 16.5. The van der Waals surface area contributed by atoms with Crippen LogP contribution in [0.5, 0.6) is 0 Å². The number of hydrogen-bond donors (Lipinski definition) is 3. The maximum absolute atomic E-state index is 8.90. The number of rotatable bonds is 0. The minimum atomic E-state index is -0.497. The summed E-state index contributed by atoms with van der Waals surface area (Å²) in [4.78, 5) is 0. The van der Waals surface area contributed by atoms with Crippen LogP contribution in [-0.2, 0) is 4.74 Å². The molecule has 0 aromatic carbocycles. The summed E-state index contributed by atoms with van der Waals surface area (Å²) in [6, 6.07) is 0. The van der Waals surface area contributed by atoms with E-state index in [2.05, 4.69) is 0 Å². The molecule has 0 saturated heterocycles. The summed E-state index contributed by atoms with van der Waals surface area (Å²) in [5.41, 5.74) is 0. The Labute approximate surface area is 57.7 Å². The van der Waals surface area contributed by atoms with Crippen LogP contribution in [0, 0.1) is 0 Å². The molecule has 56 valence electrons. The van der Waals surface area contributed by atoms with Crippen molar-refractivity contribution >= 4 is 0 Å². The topological polar surface area (TPSA) is 69.9 Å². The Hall–Kier alpha value is -1.32. The van der Waals surface area contributed by atoms with E-state index in [0.29, 0.717) is 0 Å². The molecule has 4 heteroatoms. The second-order valence-corrected chi connectivity index (χ2v) is 1.99. The molecule has 10 heavy (non-hydrogen) atoms. The molecule has 0 fully saturated rings. The number of allylic oxidation sites excluding steroid dienone is 1. The lowest BCUT2D eigenvalue weighted by Gasteiger charge is -2.14. The van der Waals surface area contributed by atoms with Crippen molar-refractivity contribution in [2.75, 3.05) is 6.61 Å². The maximum Gasteiger partial charge on any atom is 0.203 e. The van der Waals surface area contributed by atoms with Gasteiger partial charge in [0.1, 0.15) is 12.4 Å². The van der Waals surface area contributed by atoms with Crippen LogP contribution in [0.25, 0.3) is 0 Å². The van der Waals surface area contributed by atoms with Crippen LogP contribution in [-0.4, -0.2) is 21.9 Å². The molecule has 0 radical (unpaired) electrons. The molecular formula is C6H8O4. The SMILES string of the molecule is CC1=C(O)C(O)=C(O)CO1. The fourth-order valence-electron chi connectivity index (χ4n) is 0.617. The van der Waals surface area contributed by atoms with Gasteiger partial charge in [0.25, 0.3) is 0 Å². The molecule has 0 aromatic heterocycles. The summed E-state index contributed by atoms with van der Waals surface area (Å²) in [6.07, 6.45) is 0. The van der Waals surface area contributed by atoms with E-state index in [9.17, 15) is 0 Å². The summed E-state index contributed by atoms with van der Waals surface area (Å²) in [7, 11) is 0. The zero-order valence-electron chi connectivity index (χ0n) is 5.46. The van der Waals surface area contributed by atoms with Crippen molar-refractivity contribution in [3.8, 4) is 0 Å². The molecule has 0 spiro atoms. The normalized spacial score (nSPS) is 19.3. The minimum Gasteiger partial charge on any atom is -0.505 e. The molecule has 1 heterocycles. The summed E-state index contributed by atoms with van der Waals surface area (Å²) in [5, 5.41) is 26.5. The lowest BCUT2D eigenvalue weighted by molar-refractivity contribution is 0.139.